The first kappa shape index (κ1) is 14.9. The molecule has 1 aromatic rings. The third-order valence-electron chi connectivity index (χ3n) is 3.63. The van der Waals surface area contributed by atoms with Crippen LogP contribution in [0.5, 0.6) is 0 Å². The molecule has 2 rings (SSSR count). The molecule has 1 heterocycles. The fourth-order valence-electron chi connectivity index (χ4n) is 2.32. The number of thioether (sulfide) groups is 1. The van der Waals surface area contributed by atoms with Crippen molar-refractivity contribution in [2.75, 3.05) is 11.6 Å². The molecular weight excluding hydrogens is 272 g/mol. The number of anilines is 1. The van der Waals surface area contributed by atoms with E-state index in [9.17, 15) is 9.59 Å². The molecule has 2 atom stereocenters. The number of benzene rings is 1. The van der Waals surface area contributed by atoms with Gasteiger partial charge in [-0.1, -0.05) is 13.0 Å². The van der Waals surface area contributed by atoms with E-state index in [1.54, 1.807) is 11.8 Å². The minimum absolute atomic E-state index is 0.0284. The molecule has 2 amide bonds. The smallest absolute Gasteiger partial charge is 0.252 e. The Morgan fingerprint density at radius 3 is 2.85 bits per heavy atom. The highest BCUT2D eigenvalue weighted by molar-refractivity contribution is 7.98. The molecule has 0 radical (unpaired) electrons. The Labute approximate surface area is 123 Å². The summed E-state index contributed by atoms with van der Waals surface area (Å²) in [6.07, 6.45) is 3.03. The van der Waals surface area contributed by atoms with Crippen LogP contribution in [0.3, 0.4) is 0 Å². The van der Waals surface area contributed by atoms with E-state index in [1.165, 1.54) is 4.90 Å². The summed E-state index contributed by atoms with van der Waals surface area (Å²) in [6, 6.07) is 7.41. The molecular formula is C15H20N2O2S. The molecule has 5 heteroatoms. The van der Waals surface area contributed by atoms with E-state index in [0.29, 0.717) is 0 Å². The molecule has 1 N–H and O–H groups in total. The Bertz CT molecular complexity index is 518. The Kier molecular flexibility index (Phi) is 4.70. The van der Waals surface area contributed by atoms with Crippen molar-refractivity contribution in [3.63, 3.8) is 0 Å². The third-order valence-corrected chi connectivity index (χ3v) is 4.35. The Morgan fingerprint density at radius 2 is 2.20 bits per heavy atom. The average Bonchev–Trinajstić information content (AvgIpc) is 2.73. The predicted octanol–water partition coefficient (Wildman–Crippen LogP) is 2.75. The van der Waals surface area contributed by atoms with Crippen LogP contribution in [0.15, 0.2) is 29.2 Å². The van der Waals surface area contributed by atoms with E-state index in [2.05, 4.69) is 5.32 Å². The van der Waals surface area contributed by atoms with E-state index in [4.69, 9.17) is 0 Å². The fraction of sp³-hybridized carbons (Fsp3) is 0.467. The number of nitrogens with zero attached hydrogens (tertiary/aromatic N) is 1. The maximum Gasteiger partial charge on any atom is 0.252 e. The summed E-state index contributed by atoms with van der Waals surface area (Å²) in [4.78, 5) is 26.8. The lowest BCUT2D eigenvalue weighted by atomic mass is 10.2. The number of nitrogens with one attached hydrogen (secondary N) is 1. The van der Waals surface area contributed by atoms with Crippen molar-refractivity contribution < 1.29 is 9.59 Å². The standard InChI is InChI=1S/C15H20N2O2S/c1-4-10(2)17-14(18)9-13(15(17)19)16-11-6-5-7-12(8-11)20-3/h5-8,10,13,16H,4,9H2,1-3H3. The first-order chi connectivity index (χ1) is 9.56. The SMILES string of the molecule is CCC(C)N1C(=O)CC(Nc2cccc(SC)c2)C1=O. The molecule has 1 aliphatic rings. The van der Waals surface area contributed by atoms with Crippen molar-refractivity contribution in [1.29, 1.82) is 0 Å². The van der Waals surface area contributed by atoms with Crippen molar-refractivity contribution >= 4 is 29.3 Å². The van der Waals surface area contributed by atoms with Gasteiger partial charge in [0.2, 0.25) is 5.91 Å². The Morgan fingerprint density at radius 1 is 1.45 bits per heavy atom. The topological polar surface area (TPSA) is 49.4 Å². The summed E-state index contributed by atoms with van der Waals surface area (Å²) in [5, 5.41) is 3.18. The van der Waals surface area contributed by atoms with E-state index in [-0.39, 0.29) is 24.3 Å². The molecule has 0 saturated carbocycles. The lowest BCUT2D eigenvalue weighted by Gasteiger charge is -2.22. The molecule has 0 spiro atoms. The number of amides is 2. The second-order valence-electron chi connectivity index (χ2n) is 4.99. The van der Waals surface area contributed by atoms with Crippen LogP contribution in [0.4, 0.5) is 5.69 Å². The van der Waals surface area contributed by atoms with Gasteiger partial charge in [-0.05, 0) is 37.8 Å². The van der Waals surface area contributed by atoms with Crippen LogP contribution in [0, 0.1) is 0 Å². The molecule has 0 aromatic heterocycles. The van der Waals surface area contributed by atoms with E-state index < -0.39 is 6.04 Å². The van der Waals surface area contributed by atoms with Crippen LogP contribution in [-0.2, 0) is 9.59 Å². The lowest BCUT2D eigenvalue weighted by molar-refractivity contribution is -0.140. The molecule has 0 aliphatic carbocycles. The highest BCUT2D eigenvalue weighted by Crippen LogP contribution is 2.24. The van der Waals surface area contributed by atoms with Gasteiger partial charge in [0, 0.05) is 16.6 Å². The Balaban J connectivity index is 2.11. The quantitative estimate of drug-likeness (QED) is 0.669. The van der Waals surface area contributed by atoms with Crippen molar-refractivity contribution in [3.05, 3.63) is 24.3 Å². The van der Waals surface area contributed by atoms with Gasteiger partial charge >= 0.3 is 0 Å². The third kappa shape index (κ3) is 2.98. The van der Waals surface area contributed by atoms with Gasteiger partial charge in [-0.15, -0.1) is 11.8 Å². The van der Waals surface area contributed by atoms with Gasteiger partial charge < -0.3 is 5.32 Å². The molecule has 20 heavy (non-hydrogen) atoms. The van der Waals surface area contributed by atoms with Crippen molar-refractivity contribution in [2.45, 2.75) is 43.7 Å². The van der Waals surface area contributed by atoms with Gasteiger partial charge in [-0.25, -0.2) is 0 Å². The zero-order valence-corrected chi connectivity index (χ0v) is 12.9. The zero-order chi connectivity index (χ0) is 14.7. The maximum atomic E-state index is 12.3. The number of hydrogen-bond acceptors (Lipinski definition) is 4. The summed E-state index contributed by atoms with van der Waals surface area (Å²) in [6.45, 7) is 3.89. The molecule has 108 valence electrons. The second-order valence-corrected chi connectivity index (χ2v) is 5.87. The number of carbonyl (C=O) groups is 2. The number of carbonyl (C=O) groups excluding carboxylic acids is 2. The van der Waals surface area contributed by atoms with Crippen molar-refractivity contribution in [2.24, 2.45) is 0 Å². The van der Waals surface area contributed by atoms with Crippen LogP contribution in [0.2, 0.25) is 0 Å². The van der Waals surface area contributed by atoms with Gasteiger partial charge in [-0.2, -0.15) is 0 Å². The first-order valence-corrected chi connectivity index (χ1v) is 8.05. The predicted molar refractivity (Wildman–Crippen MR) is 81.9 cm³/mol. The van der Waals surface area contributed by atoms with Gasteiger partial charge in [0.15, 0.2) is 0 Å². The first-order valence-electron chi connectivity index (χ1n) is 6.83. The summed E-state index contributed by atoms with van der Waals surface area (Å²) >= 11 is 1.65. The van der Waals surface area contributed by atoms with Gasteiger partial charge in [-0.3, -0.25) is 14.5 Å². The number of imide groups is 1. The summed E-state index contributed by atoms with van der Waals surface area (Å²) in [7, 11) is 0. The molecule has 2 unspecified atom stereocenters. The minimum Gasteiger partial charge on any atom is -0.373 e. The molecule has 1 fully saturated rings. The zero-order valence-electron chi connectivity index (χ0n) is 12.1. The average molecular weight is 292 g/mol. The molecule has 1 aliphatic heterocycles. The second kappa shape index (κ2) is 6.31. The van der Waals surface area contributed by atoms with E-state index in [1.807, 2.05) is 44.4 Å². The highest BCUT2D eigenvalue weighted by atomic mass is 32.2. The largest absolute Gasteiger partial charge is 0.373 e. The summed E-state index contributed by atoms with van der Waals surface area (Å²) in [5.74, 6) is -0.193. The van der Waals surface area contributed by atoms with Crippen LogP contribution in [0.1, 0.15) is 26.7 Å². The molecule has 1 saturated heterocycles. The molecule has 0 bridgehead atoms. The maximum absolute atomic E-state index is 12.3. The summed E-state index contributed by atoms with van der Waals surface area (Å²) in [5.41, 5.74) is 0.883. The monoisotopic (exact) mass is 292 g/mol. The number of rotatable bonds is 5. The Hall–Kier alpha value is -1.49. The highest BCUT2D eigenvalue weighted by Gasteiger charge is 2.40. The van der Waals surface area contributed by atoms with Crippen LogP contribution in [-0.4, -0.2) is 35.1 Å². The van der Waals surface area contributed by atoms with Crippen molar-refractivity contribution in [3.8, 4) is 0 Å². The van der Waals surface area contributed by atoms with Gasteiger partial charge in [0.1, 0.15) is 6.04 Å². The van der Waals surface area contributed by atoms with Crippen LogP contribution < -0.4 is 5.32 Å². The van der Waals surface area contributed by atoms with Crippen LogP contribution in [0.25, 0.3) is 0 Å². The van der Waals surface area contributed by atoms with E-state index in [0.717, 1.165) is 17.0 Å². The number of likely N-dealkylation sites (tertiary alicyclic amines) is 1. The lowest BCUT2D eigenvalue weighted by Crippen LogP contribution is -2.40. The minimum atomic E-state index is -0.436. The summed E-state index contributed by atoms with van der Waals surface area (Å²) < 4.78 is 0. The van der Waals surface area contributed by atoms with Gasteiger partial charge in [0.05, 0.1) is 6.42 Å². The molecule has 4 nitrogen and oxygen atoms in total. The van der Waals surface area contributed by atoms with Crippen molar-refractivity contribution in [1.82, 2.24) is 4.90 Å². The molecule has 1 aromatic carbocycles. The normalized spacial score (nSPS) is 20.4. The van der Waals surface area contributed by atoms with Gasteiger partial charge in [0.25, 0.3) is 5.91 Å². The van der Waals surface area contributed by atoms with Crippen LogP contribution >= 0.6 is 11.8 Å². The fourth-order valence-corrected chi connectivity index (χ4v) is 2.78. The number of hydrogen-bond donors (Lipinski definition) is 1. The van der Waals surface area contributed by atoms with E-state index >= 15 is 0 Å².